The van der Waals surface area contributed by atoms with Crippen LogP contribution in [0.3, 0.4) is 0 Å². The van der Waals surface area contributed by atoms with E-state index in [4.69, 9.17) is 0 Å². The van der Waals surface area contributed by atoms with Crippen LogP contribution in [-0.4, -0.2) is 12.5 Å². The molecule has 0 heterocycles. The van der Waals surface area contributed by atoms with Gasteiger partial charge in [0.05, 0.1) is 0 Å². The normalized spacial score (nSPS) is 10.2. The highest BCUT2D eigenvalue weighted by molar-refractivity contribution is 6.04. The second kappa shape index (κ2) is 7.42. The zero-order chi connectivity index (χ0) is 16.8. The van der Waals surface area contributed by atoms with Crippen molar-refractivity contribution < 1.29 is 4.79 Å². The van der Waals surface area contributed by atoms with Crippen LogP contribution in [0.15, 0.2) is 91.5 Å². The number of hydrogen-bond donors (Lipinski definition) is 1. The van der Waals surface area contributed by atoms with E-state index in [0.29, 0.717) is 12.1 Å². The summed E-state index contributed by atoms with van der Waals surface area (Å²) in [4.78, 5) is 12.6. The summed E-state index contributed by atoms with van der Waals surface area (Å²) < 4.78 is 0. The van der Waals surface area contributed by atoms with Gasteiger partial charge in [0.15, 0.2) is 0 Å². The smallest absolute Gasteiger partial charge is 0.252 e. The molecule has 3 aromatic carbocycles. The fourth-order valence-electron chi connectivity index (χ4n) is 2.78. The Labute approximate surface area is 142 Å². The molecule has 0 unspecified atom stereocenters. The van der Waals surface area contributed by atoms with Crippen LogP contribution in [0.1, 0.15) is 10.4 Å². The summed E-state index contributed by atoms with van der Waals surface area (Å²) in [6.07, 6.45) is 1.68. The first kappa shape index (κ1) is 15.8. The third-order valence-corrected chi connectivity index (χ3v) is 3.86. The molecular weight excluding hydrogens is 294 g/mol. The molecule has 0 radical (unpaired) electrons. The van der Waals surface area contributed by atoms with E-state index in [0.717, 1.165) is 22.3 Å². The maximum absolute atomic E-state index is 12.6. The van der Waals surface area contributed by atoms with E-state index in [1.54, 1.807) is 6.08 Å². The lowest BCUT2D eigenvalue weighted by atomic mass is 9.90. The molecule has 3 aromatic rings. The molecule has 0 aliphatic heterocycles. The van der Waals surface area contributed by atoms with E-state index in [-0.39, 0.29) is 5.91 Å². The van der Waals surface area contributed by atoms with Gasteiger partial charge in [0, 0.05) is 17.7 Å². The average molecular weight is 313 g/mol. The van der Waals surface area contributed by atoms with Gasteiger partial charge in [-0.25, -0.2) is 0 Å². The van der Waals surface area contributed by atoms with Crippen molar-refractivity contribution in [3.63, 3.8) is 0 Å². The summed E-state index contributed by atoms with van der Waals surface area (Å²) >= 11 is 0. The minimum Gasteiger partial charge on any atom is -0.349 e. The van der Waals surface area contributed by atoms with E-state index < -0.39 is 0 Å². The van der Waals surface area contributed by atoms with Crippen molar-refractivity contribution in [3.8, 4) is 22.3 Å². The van der Waals surface area contributed by atoms with Crippen LogP contribution >= 0.6 is 0 Å². The standard InChI is InChI=1S/C22H19NO/c1-2-16-23-22(24)20-15-9-14-19(17-10-5-3-6-11-17)21(20)18-12-7-4-8-13-18/h2-15H,1,16H2,(H,23,24). The molecule has 0 saturated carbocycles. The number of nitrogens with one attached hydrogen (secondary N) is 1. The highest BCUT2D eigenvalue weighted by Gasteiger charge is 2.16. The minimum atomic E-state index is -0.0912. The lowest BCUT2D eigenvalue weighted by Crippen LogP contribution is -2.24. The van der Waals surface area contributed by atoms with Crippen LogP contribution in [0.2, 0.25) is 0 Å². The fourth-order valence-corrected chi connectivity index (χ4v) is 2.78. The Morgan fingerprint density at radius 2 is 1.46 bits per heavy atom. The molecule has 0 bridgehead atoms. The Balaban J connectivity index is 2.20. The van der Waals surface area contributed by atoms with E-state index in [2.05, 4.69) is 30.1 Å². The molecule has 24 heavy (non-hydrogen) atoms. The molecule has 0 saturated heterocycles. The fraction of sp³-hybridized carbons (Fsp3) is 0.0455. The number of hydrogen-bond acceptors (Lipinski definition) is 1. The summed E-state index contributed by atoms with van der Waals surface area (Å²) in [5.41, 5.74) is 4.79. The summed E-state index contributed by atoms with van der Waals surface area (Å²) in [5.74, 6) is -0.0912. The number of rotatable bonds is 5. The molecule has 0 aliphatic rings. The molecular formula is C22H19NO. The second-order valence-electron chi connectivity index (χ2n) is 5.46. The van der Waals surface area contributed by atoms with Crippen molar-refractivity contribution in [1.82, 2.24) is 5.32 Å². The van der Waals surface area contributed by atoms with Gasteiger partial charge >= 0.3 is 0 Å². The molecule has 2 heteroatoms. The van der Waals surface area contributed by atoms with Gasteiger partial charge in [0.25, 0.3) is 5.91 Å². The first-order valence-electron chi connectivity index (χ1n) is 7.94. The van der Waals surface area contributed by atoms with Gasteiger partial charge < -0.3 is 5.32 Å². The molecule has 0 spiro atoms. The number of carbonyl (C=O) groups is 1. The highest BCUT2D eigenvalue weighted by Crippen LogP contribution is 2.34. The zero-order valence-corrected chi connectivity index (χ0v) is 13.4. The Bertz CT molecular complexity index is 838. The first-order valence-corrected chi connectivity index (χ1v) is 7.94. The van der Waals surface area contributed by atoms with E-state index >= 15 is 0 Å². The van der Waals surface area contributed by atoms with E-state index in [1.165, 1.54) is 0 Å². The van der Waals surface area contributed by atoms with Gasteiger partial charge in [-0.1, -0.05) is 78.9 Å². The van der Waals surface area contributed by atoms with Crippen LogP contribution in [0.25, 0.3) is 22.3 Å². The molecule has 0 aromatic heterocycles. The molecule has 0 fully saturated rings. The van der Waals surface area contributed by atoms with Gasteiger partial charge in [-0.05, 0) is 22.8 Å². The second-order valence-corrected chi connectivity index (χ2v) is 5.46. The van der Waals surface area contributed by atoms with Gasteiger partial charge in [0.2, 0.25) is 0 Å². The van der Waals surface area contributed by atoms with Gasteiger partial charge in [-0.2, -0.15) is 0 Å². The van der Waals surface area contributed by atoms with Crippen molar-refractivity contribution in [3.05, 3.63) is 97.1 Å². The van der Waals surface area contributed by atoms with Crippen LogP contribution in [0.4, 0.5) is 0 Å². The lowest BCUT2D eigenvalue weighted by molar-refractivity contribution is 0.0958. The van der Waals surface area contributed by atoms with E-state index in [1.807, 2.05) is 60.7 Å². The maximum atomic E-state index is 12.6. The summed E-state index contributed by atoms with van der Waals surface area (Å²) in [6, 6.07) is 26.0. The number of carbonyl (C=O) groups excluding carboxylic acids is 1. The van der Waals surface area contributed by atoms with Crippen LogP contribution in [0, 0.1) is 0 Å². The van der Waals surface area contributed by atoms with Crippen molar-refractivity contribution in [2.24, 2.45) is 0 Å². The summed E-state index contributed by atoms with van der Waals surface area (Å²) in [7, 11) is 0. The van der Waals surface area contributed by atoms with Crippen molar-refractivity contribution in [2.75, 3.05) is 6.54 Å². The highest BCUT2D eigenvalue weighted by atomic mass is 16.1. The predicted molar refractivity (Wildman–Crippen MR) is 99.8 cm³/mol. The molecule has 118 valence electrons. The summed E-state index contributed by atoms with van der Waals surface area (Å²) in [6.45, 7) is 4.10. The Morgan fingerprint density at radius 1 is 0.833 bits per heavy atom. The van der Waals surface area contributed by atoms with Crippen LogP contribution in [-0.2, 0) is 0 Å². The molecule has 2 nitrogen and oxygen atoms in total. The van der Waals surface area contributed by atoms with Crippen LogP contribution in [0.5, 0.6) is 0 Å². The maximum Gasteiger partial charge on any atom is 0.252 e. The monoisotopic (exact) mass is 313 g/mol. The topological polar surface area (TPSA) is 29.1 Å². The molecule has 0 atom stereocenters. The van der Waals surface area contributed by atoms with Crippen LogP contribution < -0.4 is 5.32 Å². The quantitative estimate of drug-likeness (QED) is 0.664. The van der Waals surface area contributed by atoms with Crippen molar-refractivity contribution in [1.29, 1.82) is 0 Å². The van der Waals surface area contributed by atoms with Crippen molar-refractivity contribution >= 4 is 5.91 Å². The number of benzene rings is 3. The van der Waals surface area contributed by atoms with Crippen molar-refractivity contribution in [2.45, 2.75) is 0 Å². The third-order valence-electron chi connectivity index (χ3n) is 3.86. The Hall–Kier alpha value is -3.13. The number of amides is 1. The Morgan fingerprint density at radius 3 is 2.08 bits per heavy atom. The van der Waals surface area contributed by atoms with Gasteiger partial charge in [-0.3, -0.25) is 4.79 Å². The minimum absolute atomic E-state index is 0.0912. The zero-order valence-electron chi connectivity index (χ0n) is 13.4. The molecule has 1 N–H and O–H groups in total. The lowest BCUT2D eigenvalue weighted by Gasteiger charge is -2.15. The first-order chi connectivity index (χ1) is 11.8. The average Bonchev–Trinajstić information content (AvgIpc) is 2.67. The molecule has 0 aliphatic carbocycles. The Kier molecular flexibility index (Phi) is 4.87. The SMILES string of the molecule is C=CCNC(=O)c1cccc(-c2ccccc2)c1-c1ccccc1. The molecule has 1 amide bonds. The third kappa shape index (κ3) is 3.28. The van der Waals surface area contributed by atoms with E-state index in [9.17, 15) is 4.79 Å². The van der Waals surface area contributed by atoms with Gasteiger partial charge in [0.1, 0.15) is 0 Å². The predicted octanol–water partition coefficient (Wildman–Crippen LogP) is 4.94. The van der Waals surface area contributed by atoms with Gasteiger partial charge in [-0.15, -0.1) is 6.58 Å². The summed E-state index contributed by atoms with van der Waals surface area (Å²) in [5, 5.41) is 2.88. The largest absolute Gasteiger partial charge is 0.349 e. The molecule has 3 rings (SSSR count).